The third kappa shape index (κ3) is 1.88. The minimum absolute atomic E-state index is 0.379. The summed E-state index contributed by atoms with van der Waals surface area (Å²) in [6.45, 7) is 1.80. The Morgan fingerprint density at radius 2 is 2.25 bits per heavy atom. The first-order chi connectivity index (χ1) is 5.66. The molecule has 0 aliphatic carbocycles. The van der Waals surface area contributed by atoms with E-state index in [-0.39, 0.29) is 0 Å². The van der Waals surface area contributed by atoms with E-state index in [0.717, 1.165) is 0 Å². The van der Waals surface area contributed by atoms with Gasteiger partial charge in [-0.2, -0.15) is 0 Å². The first kappa shape index (κ1) is 9.77. The molecule has 0 saturated carbocycles. The van der Waals surface area contributed by atoms with Crippen LogP contribution in [-0.2, 0) is 0 Å². The zero-order chi connectivity index (χ0) is 9.14. The van der Waals surface area contributed by atoms with Gasteiger partial charge < -0.3 is 14.6 Å². The number of aliphatic hydroxyl groups excluding tert-OH is 2. The molecular weight excluding hydrogens is 224 g/mol. The molecule has 2 atom stereocenters. The number of hydrogen-bond donors (Lipinski definition) is 2. The summed E-state index contributed by atoms with van der Waals surface area (Å²) in [5.41, 5.74) is 0. The van der Waals surface area contributed by atoms with Crippen LogP contribution < -0.4 is 0 Å². The third-order valence-electron chi connectivity index (χ3n) is 1.70. The molecule has 2 unspecified atom stereocenters. The standard InChI is InChI=1S/C8H11BrO3/c1-2-6(10)7(11)8-5(9)3-4-12-8/h3-4,6-7,10-11H,2H2,1H3. The van der Waals surface area contributed by atoms with E-state index >= 15 is 0 Å². The van der Waals surface area contributed by atoms with Crippen molar-refractivity contribution >= 4 is 15.9 Å². The monoisotopic (exact) mass is 234 g/mol. The molecular formula is C8H11BrO3. The maximum Gasteiger partial charge on any atom is 0.149 e. The largest absolute Gasteiger partial charge is 0.465 e. The second-order valence-electron chi connectivity index (χ2n) is 2.55. The molecule has 68 valence electrons. The van der Waals surface area contributed by atoms with Crippen molar-refractivity contribution in [2.24, 2.45) is 0 Å². The fraction of sp³-hybridized carbons (Fsp3) is 0.500. The zero-order valence-electron chi connectivity index (χ0n) is 6.70. The summed E-state index contributed by atoms with van der Waals surface area (Å²) < 4.78 is 5.68. The molecule has 0 aliphatic rings. The van der Waals surface area contributed by atoms with Crippen LogP contribution in [0, 0.1) is 0 Å². The predicted octanol–water partition coefficient (Wildman–Crippen LogP) is 1.85. The van der Waals surface area contributed by atoms with E-state index in [0.29, 0.717) is 16.7 Å². The average Bonchev–Trinajstić information content (AvgIpc) is 2.48. The lowest BCUT2D eigenvalue weighted by Crippen LogP contribution is -2.16. The number of hydrogen-bond acceptors (Lipinski definition) is 3. The summed E-state index contributed by atoms with van der Waals surface area (Å²) in [5, 5.41) is 18.8. The Balaban J connectivity index is 2.77. The van der Waals surface area contributed by atoms with Crippen LogP contribution in [0.15, 0.2) is 21.2 Å². The molecule has 2 N–H and O–H groups in total. The van der Waals surface area contributed by atoms with Gasteiger partial charge in [-0.25, -0.2) is 0 Å². The smallest absolute Gasteiger partial charge is 0.149 e. The maximum absolute atomic E-state index is 9.48. The van der Waals surface area contributed by atoms with E-state index in [1.54, 1.807) is 13.0 Å². The Labute approximate surface area is 79.1 Å². The molecule has 0 saturated heterocycles. The SMILES string of the molecule is CCC(O)C(O)c1occc1Br. The van der Waals surface area contributed by atoms with Gasteiger partial charge in [-0.05, 0) is 28.4 Å². The molecule has 1 heterocycles. The van der Waals surface area contributed by atoms with E-state index < -0.39 is 12.2 Å². The van der Waals surface area contributed by atoms with Gasteiger partial charge >= 0.3 is 0 Å². The van der Waals surface area contributed by atoms with Crippen LogP contribution >= 0.6 is 15.9 Å². The van der Waals surface area contributed by atoms with Crippen LogP contribution in [0.4, 0.5) is 0 Å². The Kier molecular flexibility index (Phi) is 3.31. The fourth-order valence-corrected chi connectivity index (χ4v) is 1.35. The number of rotatable bonds is 3. The second kappa shape index (κ2) is 4.07. The molecule has 0 bridgehead atoms. The molecule has 1 rings (SSSR count). The lowest BCUT2D eigenvalue weighted by molar-refractivity contribution is 0.00323. The minimum atomic E-state index is -0.945. The minimum Gasteiger partial charge on any atom is -0.465 e. The van der Waals surface area contributed by atoms with Crippen molar-refractivity contribution in [3.63, 3.8) is 0 Å². The molecule has 0 radical (unpaired) electrons. The molecule has 0 aromatic carbocycles. The normalized spacial score (nSPS) is 16.0. The third-order valence-corrected chi connectivity index (χ3v) is 2.35. The van der Waals surface area contributed by atoms with Gasteiger partial charge in [0.1, 0.15) is 11.9 Å². The lowest BCUT2D eigenvalue weighted by Gasteiger charge is -2.13. The molecule has 1 aromatic heterocycles. The molecule has 0 fully saturated rings. The van der Waals surface area contributed by atoms with Crippen molar-refractivity contribution in [2.75, 3.05) is 0 Å². The Morgan fingerprint density at radius 3 is 2.67 bits per heavy atom. The highest BCUT2D eigenvalue weighted by molar-refractivity contribution is 9.10. The van der Waals surface area contributed by atoms with Crippen molar-refractivity contribution in [2.45, 2.75) is 25.6 Å². The van der Waals surface area contributed by atoms with Crippen LogP contribution in [0.2, 0.25) is 0 Å². The predicted molar refractivity (Wildman–Crippen MR) is 47.7 cm³/mol. The molecule has 0 amide bonds. The molecule has 3 nitrogen and oxygen atoms in total. The van der Waals surface area contributed by atoms with E-state index in [4.69, 9.17) is 4.42 Å². The Morgan fingerprint density at radius 1 is 1.58 bits per heavy atom. The van der Waals surface area contributed by atoms with Crippen LogP contribution in [0.3, 0.4) is 0 Å². The van der Waals surface area contributed by atoms with Crippen LogP contribution in [0.25, 0.3) is 0 Å². The van der Waals surface area contributed by atoms with Gasteiger partial charge in [0, 0.05) is 0 Å². The number of aliphatic hydroxyl groups is 2. The molecule has 12 heavy (non-hydrogen) atoms. The van der Waals surface area contributed by atoms with E-state index in [2.05, 4.69) is 15.9 Å². The van der Waals surface area contributed by atoms with Gasteiger partial charge in [-0.3, -0.25) is 0 Å². The zero-order valence-corrected chi connectivity index (χ0v) is 8.28. The summed E-state index contributed by atoms with van der Waals surface area (Å²) in [6, 6.07) is 1.68. The summed E-state index contributed by atoms with van der Waals surface area (Å²) in [6.07, 6.45) is 0.242. The van der Waals surface area contributed by atoms with Crippen LogP contribution in [0.1, 0.15) is 25.2 Å². The molecule has 1 aromatic rings. The van der Waals surface area contributed by atoms with E-state index in [1.165, 1.54) is 6.26 Å². The van der Waals surface area contributed by atoms with Crippen LogP contribution in [0.5, 0.6) is 0 Å². The highest BCUT2D eigenvalue weighted by atomic mass is 79.9. The van der Waals surface area contributed by atoms with Crippen molar-refractivity contribution < 1.29 is 14.6 Å². The highest BCUT2D eigenvalue weighted by Crippen LogP contribution is 2.27. The molecule has 0 aliphatic heterocycles. The summed E-state index contributed by atoms with van der Waals surface area (Å²) in [4.78, 5) is 0. The van der Waals surface area contributed by atoms with Crippen molar-refractivity contribution in [1.82, 2.24) is 0 Å². The Bertz CT molecular complexity index is 246. The van der Waals surface area contributed by atoms with Crippen LogP contribution in [-0.4, -0.2) is 16.3 Å². The van der Waals surface area contributed by atoms with Gasteiger partial charge in [0.25, 0.3) is 0 Å². The molecule has 0 spiro atoms. The lowest BCUT2D eigenvalue weighted by atomic mass is 10.1. The fourth-order valence-electron chi connectivity index (χ4n) is 0.914. The highest BCUT2D eigenvalue weighted by Gasteiger charge is 2.21. The summed E-state index contributed by atoms with van der Waals surface area (Å²) >= 11 is 3.20. The quantitative estimate of drug-likeness (QED) is 0.840. The Hall–Kier alpha value is -0.320. The first-order valence-corrected chi connectivity index (χ1v) is 4.55. The number of halogens is 1. The maximum atomic E-state index is 9.48. The first-order valence-electron chi connectivity index (χ1n) is 3.75. The van der Waals surface area contributed by atoms with Gasteiger partial charge in [0.2, 0.25) is 0 Å². The van der Waals surface area contributed by atoms with Gasteiger partial charge in [-0.15, -0.1) is 0 Å². The molecule has 4 heteroatoms. The average molecular weight is 235 g/mol. The second-order valence-corrected chi connectivity index (χ2v) is 3.41. The number of furan rings is 1. The van der Waals surface area contributed by atoms with Gasteiger partial charge in [0.15, 0.2) is 0 Å². The van der Waals surface area contributed by atoms with Gasteiger partial charge in [-0.1, -0.05) is 6.92 Å². The summed E-state index contributed by atoms with van der Waals surface area (Å²) in [7, 11) is 0. The van der Waals surface area contributed by atoms with Crippen molar-refractivity contribution in [1.29, 1.82) is 0 Å². The van der Waals surface area contributed by atoms with E-state index in [9.17, 15) is 10.2 Å². The van der Waals surface area contributed by atoms with Crippen molar-refractivity contribution in [3.05, 3.63) is 22.6 Å². The van der Waals surface area contributed by atoms with Gasteiger partial charge in [0.05, 0.1) is 16.8 Å². The van der Waals surface area contributed by atoms with Crippen molar-refractivity contribution in [3.8, 4) is 0 Å². The summed E-state index contributed by atoms with van der Waals surface area (Å²) in [5.74, 6) is 0.379. The topological polar surface area (TPSA) is 53.6 Å². The van der Waals surface area contributed by atoms with E-state index in [1.807, 2.05) is 0 Å².